The smallest absolute Gasteiger partial charge is 0.0797 e. The molecule has 0 aliphatic heterocycles. The van der Waals surface area contributed by atoms with Crippen molar-refractivity contribution in [1.82, 2.24) is 0 Å². The zero-order valence-corrected chi connectivity index (χ0v) is 14.3. The van der Waals surface area contributed by atoms with E-state index in [1.165, 1.54) is 37.7 Å². The molecule has 0 saturated heterocycles. The van der Waals surface area contributed by atoms with Crippen molar-refractivity contribution >= 4 is 0 Å². The monoisotopic (exact) mass is 286 g/mol. The van der Waals surface area contributed by atoms with E-state index in [1.54, 1.807) is 11.1 Å². The Morgan fingerprint density at radius 1 is 1.24 bits per heavy atom. The number of hydrogen-bond donors (Lipinski definition) is 1. The lowest BCUT2D eigenvalue weighted by Crippen LogP contribution is -2.63. The van der Waals surface area contributed by atoms with Gasteiger partial charge >= 0.3 is 0 Å². The third-order valence-corrected chi connectivity index (χ3v) is 6.74. The van der Waals surface area contributed by atoms with Crippen molar-refractivity contribution in [3.63, 3.8) is 0 Å². The fraction of sp³-hybridized carbons (Fsp3) is 0.700. The SMILES string of the molecule is CC(C)c1ccc2c(c1)CC[C@H]1[C@](C)(C[NH3+])CCC[C@]21C. The molecule has 0 radical (unpaired) electrons. The minimum absolute atomic E-state index is 0.383. The van der Waals surface area contributed by atoms with Gasteiger partial charge < -0.3 is 5.73 Å². The first kappa shape index (κ1) is 15.1. The van der Waals surface area contributed by atoms with Gasteiger partial charge in [-0.05, 0) is 59.6 Å². The summed E-state index contributed by atoms with van der Waals surface area (Å²) in [6.07, 6.45) is 6.73. The van der Waals surface area contributed by atoms with Crippen LogP contribution in [0.1, 0.15) is 76.0 Å². The summed E-state index contributed by atoms with van der Waals surface area (Å²) in [7, 11) is 0. The van der Waals surface area contributed by atoms with E-state index in [-0.39, 0.29) is 0 Å². The number of quaternary nitrogens is 1. The van der Waals surface area contributed by atoms with Crippen LogP contribution in [0, 0.1) is 11.3 Å². The molecular formula is C20H32N+. The molecule has 1 nitrogen and oxygen atoms in total. The van der Waals surface area contributed by atoms with Crippen molar-refractivity contribution < 1.29 is 5.73 Å². The summed E-state index contributed by atoms with van der Waals surface area (Å²) >= 11 is 0. The van der Waals surface area contributed by atoms with Gasteiger partial charge in [-0.1, -0.05) is 52.3 Å². The lowest BCUT2D eigenvalue weighted by molar-refractivity contribution is -0.399. The average Bonchev–Trinajstić information content (AvgIpc) is 2.46. The van der Waals surface area contributed by atoms with E-state index < -0.39 is 0 Å². The maximum absolute atomic E-state index is 4.30. The number of hydrogen-bond acceptors (Lipinski definition) is 0. The van der Waals surface area contributed by atoms with Gasteiger partial charge in [-0.25, -0.2) is 0 Å². The lowest BCUT2D eigenvalue weighted by atomic mass is 9.50. The second-order valence-electron chi connectivity index (χ2n) is 8.34. The van der Waals surface area contributed by atoms with Crippen molar-refractivity contribution in [2.24, 2.45) is 11.3 Å². The zero-order chi connectivity index (χ0) is 15.3. The van der Waals surface area contributed by atoms with E-state index in [0.717, 1.165) is 12.5 Å². The largest absolute Gasteiger partial charge is 0.357 e. The quantitative estimate of drug-likeness (QED) is 0.849. The van der Waals surface area contributed by atoms with Gasteiger partial charge in [0, 0.05) is 5.41 Å². The molecule has 0 bridgehead atoms. The summed E-state index contributed by atoms with van der Waals surface area (Å²) in [4.78, 5) is 0. The summed E-state index contributed by atoms with van der Waals surface area (Å²) in [6, 6.07) is 7.34. The zero-order valence-electron chi connectivity index (χ0n) is 14.3. The van der Waals surface area contributed by atoms with Gasteiger partial charge in [0.25, 0.3) is 0 Å². The summed E-state index contributed by atoms with van der Waals surface area (Å²) in [6.45, 7) is 10.7. The molecule has 1 aromatic rings. The van der Waals surface area contributed by atoms with Crippen LogP contribution in [-0.4, -0.2) is 6.54 Å². The lowest BCUT2D eigenvalue weighted by Gasteiger charge is -2.54. The highest BCUT2D eigenvalue weighted by Crippen LogP contribution is 2.56. The van der Waals surface area contributed by atoms with Crippen LogP contribution in [0.15, 0.2) is 18.2 Å². The molecule has 3 atom stereocenters. The van der Waals surface area contributed by atoms with Gasteiger partial charge in [-0.2, -0.15) is 0 Å². The topological polar surface area (TPSA) is 27.6 Å². The van der Waals surface area contributed by atoms with Gasteiger partial charge in [0.2, 0.25) is 0 Å². The molecular weight excluding hydrogens is 254 g/mol. The molecule has 3 rings (SSSR count). The molecule has 2 aliphatic carbocycles. The number of fused-ring (bicyclic) bond motifs is 3. The Morgan fingerprint density at radius 2 is 2.00 bits per heavy atom. The minimum atomic E-state index is 0.383. The summed E-state index contributed by atoms with van der Waals surface area (Å²) in [5.74, 6) is 1.45. The van der Waals surface area contributed by atoms with Crippen LogP contribution in [0.3, 0.4) is 0 Å². The van der Waals surface area contributed by atoms with Crippen molar-refractivity contribution in [2.45, 2.75) is 71.1 Å². The van der Waals surface area contributed by atoms with Crippen LogP contribution in [-0.2, 0) is 11.8 Å². The first-order valence-corrected chi connectivity index (χ1v) is 8.83. The summed E-state index contributed by atoms with van der Waals surface area (Å²) in [5, 5.41) is 0. The van der Waals surface area contributed by atoms with Crippen LogP contribution in [0.5, 0.6) is 0 Å². The number of benzene rings is 1. The summed E-state index contributed by atoms with van der Waals surface area (Å²) < 4.78 is 0. The second-order valence-corrected chi connectivity index (χ2v) is 8.34. The Hall–Kier alpha value is -0.820. The van der Waals surface area contributed by atoms with E-state index in [2.05, 4.69) is 51.6 Å². The Labute approximate surface area is 130 Å². The Bertz CT molecular complexity index is 533. The highest BCUT2D eigenvalue weighted by atomic mass is 14.7. The molecule has 3 N–H and O–H groups in total. The maximum atomic E-state index is 4.30. The predicted octanol–water partition coefficient (Wildman–Crippen LogP) is 4.06. The molecule has 21 heavy (non-hydrogen) atoms. The van der Waals surface area contributed by atoms with E-state index in [1.807, 2.05) is 0 Å². The molecule has 0 aromatic heterocycles. The molecule has 0 amide bonds. The van der Waals surface area contributed by atoms with Crippen molar-refractivity contribution in [1.29, 1.82) is 0 Å². The van der Waals surface area contributed by atoms with E-state index in [0.29, 0.717) is 16.7 Å². The number of aryl methyl sites for hydroxylation is 1. The average molecular weight is 286 g/mol. The van der Waals surface area contributed by atoms with Gasteiger partial charge in [-0.3, -0.25) is 0 Å². The van der Waals surface area contributed by atoms with E-state index in [4.69, 9.17) is 0 Å². The molecule has 1 saturated carbocycles. The molecule has 1 fully saturated rings. The molecule has 0 spiro atoms. The van der Waals surface area contributed by atoms with Crippen LogP contribution < -0.4 is 5.73 Å². The molecule has 0 unspecified atom stereocenters. The third kappa shape index (κ3) is 2.25. The van der Waals surface area contributed by atoms with Crippen molar-refractivity contribution in [2.75, 3.05) is 6.54 Å². The second kappa shape index (κ2) is 5.12. The van der Waals surface area contributed by atoms with Crippen LogP contribution >= 0.6 is 0 Å². The van der Waals surface area contributed by atoms with Crippen LogP contribution in [0.2, 0.25) is 0 Å². The van der Waals surface area contributed by atoms with Gasteiger partial charge in [0.05, 0.1) is 6.54 Å². The highest BCUT2D eigenvalue weighted by Gasteiger charge is 2.51. The van der Waals surface area contributed by atoms with Gasteiger partial charge in [0.15, 0.2) is 0 Å². The van der Waals surface area contributed by atoms with Crippen molar-refractivity contribution in [3.05, 3.63) is 34.9 Å². The maximum Gasteiger partial charge on any atom is 0.0797 e. The molecule has 0 heterocycles. The Kier molecular flexibility index (Phi) is 3.68. The van der Waals surface area contributed by atoms with E-state index in [9.17, 15) is 0 Å². The molecule has 2 aliphatic rings. The predicted molar refractivity (Wildman–Crippen MR) is 89.4 cm³/mol. The standard InChI is InChI=1S/C20H31N/c1-14(2)15-6-8-17-16(12-15)7-9-18-19(3,13-21)10-5-11-20(17,18)4/h6,8,12,14,18H,5,7,9-11,13,21H2,1-4H3/p+1/t18-,19-,20+/m0/s1. The van der Waals surface area contributed by atoms with Crippen LogP contribution in [0.25, 0.3) is 0 Å². The highest BCUT2D eigenvalue weighted by molar-refractivity contribution is 5.42. The van der Waals surface area contributed by atoms with E-state index >= 15 is 0 Å². The fourth-order valence-corrected chi connectivity index (χ4v) is 5.30. The normalized spacial score (nSPS) is 35.4. The minimum Gasteiger partial charge on any atom is -0.357 e. The third-order valence-electron chi connectivity index (χ3n) is 6.74. The Morgan fingerprint density at radius 3 is 2.67 bits per heavy atom. The Balaban J connectivity index is 2.05. The van der Waals surface area contributed by atoms with Gasteiger partial charge in [-0.15, -0.1) is 0 Å². The number of rotatable bonds is 2. The molecule has 116 valence electrons. The first-order valence-electron chi connectivity index (χ1n) is 8.83. The van der Waals surface area contributed by atoms with Gasteiger partial charge in [0.1, 0.15) is 0 Å². The summed E-state index contributed by atoms with van der Waals surface area (Å²) in [5.41, 5.74) is 9.92. The fourth-order valence-electron chi connectivity index (χ4n) is 5.30. The molecule has 1 heteroatoms. The van der Waals surface area contributed by atoms with Crippen LogP contribution in [0.4, 0.5) is 0 Å². The molecule has 1 aromatic carbocycles. The first-order chi connectivity index (χ1) is 9.90. The van der Waals surface area contributed by atoms with Crippen molar-refractivity contribution in [3.8, 4) is 0 Å².